The number of hydrogen-bond acceptors (Lipinski definition) is 5. The molecule has 6 heteroatoms. The topological polar surface area (TPSA) is 62.6 Å². The summed E-state index contributed by atoms with van der Waals surface area (Å²) in [5.41, 5.74) is 1.69. The number of carbonyl (C=O) groups excluding carboxylic acids is 1. The first kappa shape index (κ1) is 17.8. The maximum Gasteiger partial charge on any atom is 0.326 e. The average molecular weight is 354 g/mol. The number of imidazole rings is 1. The van der Waals surface area contributed by atoms with E-state index in [0.717, 1.165) is 16.8 Å². The van der Waals surface area contributed by atoms with Crippen LogP contribution < -0.4 is 9.47 Å². The van der Waals surface area contributed by atoms with Gasteiger partial charge in [-0.1, -0.05) is 18.2 Å². The molecule has 6 nitrogen and oxygen atoms in total. The van der Waals surface area contributed by atoms with Gasteiger partial charge in [-0.05, 0) is 38.1 Å². The van der Waals surface area contributed by atoms with E-state index < -0.39 is 0 Å². The van der Waals surface area contributed by atoms with Crippen molar-refractivity contribution in [3.8, 4) is 11.5 Å². The quantitative estimate of drug-likeness (QED) is 0.607. The van der Waals surface area contributed by atoms with Crippen LogP contribution in [0.4, 0.5) is 0 Å². The second-order valence-corrected chi connectivity index (χ2v) is 6.11. The molecule has 0 spiro atoms. The molecule has 0 aliphatic rings. The summed E-state index contributed by atoms with van der Waals surface area (Å²) in [5, 5.41) is 0. The fraction of sp³-hybridized carbons (Fsp3) is 0.300. The Morgan fingerprint density at radius 3 is 2.65 bits per heavy atom. The van der Waals surface area contributed by atoms with Crippen molar-refractivity contribution in [3.05, 3.63) is 54.4 Å². The van der Waals surface area contributed by atoms with Gasteiger partial charge in [-0.2, -0.15) is 0 Å². The number of ether oxygens (including phenoxy) is 3. The maximum absolute atomic E-state index is 12.1. The minimum Gasteiger partial charge on any atom is -0.497 e. The number of para-hydroxylation sites is 2. The molecular weight excluding hydrogens is 332 g/mol. The molecule has 0 N–H and O–H groups in total. The Hall–Kier alpha value is -3.02. The van der Waals surface area contributed by atoms with Crippen molar-refractivity contribution in [2.45, 2.75) is 33.1 Å². The van der Waals surface area contributed by atoms with Gasteiger partial charge in [0.15, 0.2) is 0 Å². The summed E-state index contributed by atoms with van der Waals surface area (Å²) in [5.74, 6) is 1.75. The number of carbonyl (C=O) groups is 1. The van der Waals surface area contributed by atoms with E-state index >= 15 is 0 Å². The zero-order chi connectivity index (χ0) is 18.5. The van der Waals surface area contributed by atoms with Crippen LogP contribution in [0, 0.1) is 0 Å². The Morgan fingerprint density at radius 2 is 1.88 bits per heavy atom. The van der Waals surface area contributed by atoms with Crippen molar-refractivity contribution >= 4 is 17.0 Å². The predicted molar refractivity (Wildman–Crippen MR) is 98.3 cm³/mol. The Bertz CT molecular complexity index is 902. The standard InChI is InChI=1S/C20H22N2O4/c1-14(2)26-20(23)12-22-18-10-5-4-9-17(18)21-19(22)13-25-16-8-6-7-15(11-16)24-3/h4-11,14H,12-13H2,1-3H3. The SMILES string of the molecule is COc1cccc(OCc2nc3ccccc3n2CC(=O)OC(C)C)c1. The lowest BCUT2D eigenvalue weighted by molar-refractivity contribution is -0.148. The molecule has 0 aliphatic heterocycles. The van der Waals surface area contributed by atoms with Crippen LogP contribution >= 0.6 is 0 Å². The molecule has 1 aromatic heterocycles. The molecular formula is C20H22N2O4. The van der Waals surface area contributed by atoms with E-state index in [2.05, 4.69) is 4.98 Å². The number of methoxy groups -OCH3 is 1. The highest BCUT2D eigenvalue weighted by Gasteiger charge is 2.15. The van der Waals surface area contributed by atoms with Crippen molar-refractivity contribution in [1.82, 2.24) is 9.55 Å². The number of fused-ring (bicyclic) bond motifs is 1. The normalized spacial score (nSPS) is 10.9. The lowest BCUT2D eigenvalue weighted by Crippen LogP contribution is -2.19. The van der Waals surface area contributed by atoms with E-state index in [1.807, 2.05) is 60.9 Å². The van der Waals surface area contributed by atoms with Crippen molar-refractivity contribution in [3.63, 3.8) is 0 Å². The van der Waals surface area contributed by atoms with Gasteiger partial charge in [-0.15, -0.1) is 0 Å². The summed E-state index contributed by atoms with van der Waals surface area (Å²) < 4.78 is 18.2. The van der Waals surface area contributed by atoms with Gasteiger partial charge in [0.25, 0.3) is 0 Å². The zero-order valence-corrected chi connectivity index (χ0v) is 15.1. The Balaban J connectivity index is 1.84. The minimum absolute atomic E-state index is 0.0928. The van der Waals surface area contributed by atoms with E-state index in [4.69, 9.17) is 14.2 Å². The van der Waals surface area contributed by atoms with Gasteiger partial charge in [-0.3, -0.25) is 4.79 Å². The van der Waals surface area contributed by atoms with Crippen molar-refractivity contribution < 1.29 is 19.0 Å². The fourth-order valence-corrected chi connectivity index (χ4v) is 2.68. The van der Waals surface area contributed by atoms with Crippen LogP contribution in [-0.2, 0) is 22.7 Å². The van der Waals surface area contributed by atoms with Crippen LogP contribution in [0.5, 0.6) is 11.5 Å². The highest BCUT2D eigenvalue weighted by Crippen LogP contribution is 2.21. The lowest BCUT2D eigenvalue weighted by Gasteiger charge is -2.12. The van der Waals surface area contributed by atoms with E-state index in [1.54, 1.807) is 13.2 Å². The Morgan fingerprint density at radius 1 is 1.12 bits per heavy atom. The smallest absolute Gasteiger partial charge is 0.326 e. The van der Waals surface area contributed by atoms with Crippen molar-refractivity contribution in [2.75, 3.05) is 7.11 Å². The molecule has 0 atom stereocenters. The van der Waals surface area contributed by atoms with E-state index in [1.165, 1.54) is 0 Å². The number of hydrogen-bond donors (Lipinski definition) is 0. The molecule has 1 heterocycles. The summed E-state index contributed by atoms with van der Waals surface area (Å²) in [6.07, 6.45) is -0.159. The van der Waals surface area contributed by atoms with Gasteiger partial charge >= 0.3 is 5.97 Å². The highest BCUT2D eigenvalue weighted by atomic mass is 16.5. The van der Waals surface area contributed by atoms with Gasteiger partial charge in [0.2, 0.25) is 0 Å². The molecule has 2 aromatic carbocycles. The second-order valence-electron chi connectivity index (χ2n) is 6.11. The van der Waals surface area contributed by atoms with Crippen LogP contribution in [0.1, 0.15) is 19.7 Å². The first-order chi connectivity index (χ1) is 12.6. The third-order valence-electron chi connectivity index (χ3n) is 3.80. The molecule has 0 saturated carbocycles. The summed E-state index contributed by atoms with van der Waals surface area (Å²) in [4.78, 5) is 16.7. The van der Waals surface area contributed by atoms with E-state index in [9.17, 15) is 4.79 Å². The summed E-state index contributed by atoms with van der Waals surface area (Å²) in [7, 11) is 1.61. The zero-order valence-electron chi connectivity index (χ0n) is 15.1. The molecule has 0 unspecified atom stereocenters. The summed E-state index contributed by atoms with van der Waals surface area (Å²) in [6, 6.07) is 15.0. The van der Waals surface area contributed by atoms with E-state index in [0.29, 0.717) is 11.6 Å². The van der Waals surface area contributed by atoms with Gasteiger partial charge in [0, 0.05) is 6.07 Å². The Kier molecular flexibility index (Phi) is 5.41. The van der Waals surface area contributed by atoms with Crippen LogP contribution in [0.2, 0.25) is 0 Å². The molecule has 0 fully saturated rings. The number of benzene rings is 2. The summed E-state index contributed by atoms with van der Waals surface area (Å²) in [6.45, 7) is 3.99. The third-order valence-corrected chi connectivity index (χ3v) is 3.80. The van der Waals surface area contributed by atoms with Gasteiger partial charge in [0.1, 0.15) is 30.5 Å². The fourth-order valence-electron chi connectivity index (χ4n) is 2.68. The van der Waals surface area contributed by atoms with Crippen molar-refractivity contribution in [2.24, 2.45) is 0 Å². The van der Waals surface area contributed by atoms with Crippen LogP contribution in [-0.4, -0.2) is 28.7 Å². The second kappa shape index (κ2) is 7.91. The third kappa shape index (κ3) is 4.14. The van der Waals surface area contributed by atoms with Crippen molar-refractivity contribution in [1.29, 1.82) is 0 Å². The predicted octanol–water partition coefficient (Wildman–Crippen LogP) is 3.58. The van der Waals surface area contributed by atoms with Crippen LogP contribution in [0.25, 0.3) is 11.0 Å². The molecule has 0 bridgehead atoms. The number of esters is 1. The molecule has 3 rings (SSSR count). The first-order valence-electron chi connectivity index (χ1n) is 8.47. The first-order valence-corrected chi connectivity index (χ1v) is 8.47. The van der Waals surface area contributed by atoms with Gasteiger partial charge in [-0.25, -0.2) is 4.98 Å². The Labute approximate surface area is 152 Å². The maximum atomic E-state index is 12.1. The molecule has 26 heavy (non-hydrogen) atoms. The minimum atomic E-state index is -0.300. The summed E-state index contributed by atoms with van der Waals surface area (Å²) >= 11 is 0. The van der Waals surface area contributed by atoms with E-state index in [-0.39, 0.29) is 25.2 Å². The lowest BCUT2D eigenvalue weighted by atomic mass is 10.3. The average Bonchev–Trinajstić information content (AvgIpc) is 2.97. The molecule has 0 aliphatic carbocycles. The molecule has 0 radical (unpaired) electrons. The van der Waals surface area contributed by atoms with Crippen LogP contribution in [0.15, 0.2) is 48.5 Å². The molecule has 0 amide bonds. The number of rotatable bonds is 7. The van der Waals surface area contributed by atoms with Gasteiger partial charge in [0.05, 0.1) is 24.2 Å². The molecule has 0 saturated heterocycles. The number of aromatic nitrogens is 2. The van der Waals surface area contributed by atoms with Crippen LogP contribution in [0.3, 0.4) is 0 Å². The highest BCUT2D eigenvalue weighted by molar-refractivity contribution is 5.79. The molecule has 3 aromatic rings. The number of nitrogens with zero attached hydrogens (tertiary/aromatic N) is 2. The monoisotopic (exact) mass is 354 g/mol. The molecule has 136 valence electrons. The largest absolute Gasteiger partial charge is 0.497 e. The van der Waals surface area contributed by atoms with Gasteiger partial charge < -0.3 is 18.8 Å².